The first-order valence-corrected chi connectivity index (χ1v) is 7.57. The Kier molecular flexibility index (Phi) is 5.21. The molecule has 0 amide bonds. The minimum Gasteiger partial charge on any atom is -0.488 e. The third kappa shape index (κ3) is 3.84. The zero-order valence-electron chi connectivity index (χ0n) is 11.9. The summed E-state index contributed by atoms with van der Waals surface area (Å²) in [5.41, 5.74) is 10.4. The van der Waals surface area contributed by atoms with Crippen LogP contribution in [0.4, 0.5) is 0 Å². The average molecular weight is 334 g/mol. The lowest BCUT2D eigenvalue weighted by molar-refractivity contribution is 0.300. The van der Waals surface area contributed by atoms with Crippen LogP contribution in [0.5, 0.6) is 5.75 Å². The monoisotopic (exact) mass is 333 g/mol. The largest absolute Gasteiger partial charge is 0.488 e. The van der Waals surface area contributed by atoms with Crippen LogP contribution in [-0.2, 0) is 13.0 Å². The van der Waals surface area contributed by atoms with E-state index < -0.39 is 0 Å². The second kappa shape index (κ2) is 6.91. The summed E-state index contributed by atoms with van der Waals surface area (Å²) >= 11 is 3.53. The maximum absolute atomic E-state index is 6.04. The molecule has 0 heterocycles. The van der Waals surface area contributed by atoms with Gasteiger partial charge in [-0.15, -0.1) is 0 Å². The highest BCUT2D eigenvalue weighted by atomic mass is 79.9. The van der Waals surface area contributed by atoms with Gasteiger partial charge in [-0.25, -0.2) is 0 Å². The van der Waals surface area contributed by atoms with Crippen LogP contribution < -0.4 is 10.5 Å². The molecular formula is C17H20BrNO. The second-order valence-corrected chi connectivity index (χ2v) is 5.94. The Morgan fingerprint density at radius 3 is 2.65 bits per heavy atom. The molecule has 0 bridgehead atoms. The summed E-state index contributed by atoms with van der Waals surface area (Å²) in [7, 11) is 0. The SMILES string of the molecule is Cc1cccc(COc2c(C)cc(Br)cc2CCN)c1. The molecule has 2 rings (SSSR count). The Balaban J connectivity index is 2.20. The van der Waals surface area contributed by atoms with E-state index in [-0.39, 0.29) is 0 Å². The molecular weight excluding hydrogens is 314 g/mol. The fraction of sp³-hybridized carbons (Fsp3) is 0.294. The number of hydrogen-bond donors (Lipinski definition) is 1. The standard InChI is InChI=1S/C17H20BrNO/c1-12-4-3-5-14(8-12)11-20-17-13(2)9-16(18)10-15(17)6-7-19/h3-5,8-10H,6-7,11,19H2,1-2H3. The number of rotatable bonds is 5. The maximum atomic E-state index is 6.04. The predicted molar refractivity (Wildman–Crippen MR) is 87.1 cm³/mol. The molecule has 0 saturated heterocycles. The van der Waals surface area contributed by atoms with Crippen LogP contribution in [0.3, 0.4) is 0 Å². The van der Waals surface area contributed by atoms with E-state index in [9.17, 15) is 0 Å². The number of hydrogen-bond acceptors (Lipinski definition) is 2. The van der Waals surface area contributed by atoms with Gasteiger partial charge in [0.15, 0.2) is 0 Å². The van der Waals surface area contributed by atoms with Crippen LogP contribution >= 0.6 is 15.9 Å². The van der Waals surface area contributed by atoms with E-state index in [0.717, 1.165) is 27.8 Å². The van der Waals surface area contributed by atoms with Crippen molar-refractivity contribution in [1.82, 2.24) is 0 Å². The van der Waals surface area contributed by atoms with Crippen LogP contribution in [0.2, 0.25) is 0 Å². The van der Waals surface area contributed by atoms with E-state index in [1.165, 1.54) is 11.1 Å². The highest BCUT2D eigenvalue weighted by Crippen LogP contribution is 2.29. The normalized spacial score (nSPS) is 10.6. The predicted octanol–water partition coefficient (Wildman–Crippen LogP) is 4.15. The van der Waals surface area contributed by atoms with Gasteiger partial charge in [0.2, 0.25) is 0 Å². The van der Waals surface area contributed by atoms with Crippen molar-refractivity contribution in [2.45, 2.75) is 26.9 Å². The lowest BCUT2D eigenvalue weighted by atomic mass is 10.1. The first-order chi connectivity index (χ1) is 9.60. The molecule has 0 spiro atoms. The van der Waals surface area contributed by atoms with Gasteiger partial charge in [-0.2, -0.15) is 0 Å². The van der Waals surface area contributed by atoms with E-state index in [0.29, 0.717) is 13.2 Å². The maximum Gasteiger partial charge on any atom is 0.126 e. The number of benzene rings is 2. The molecule has 2 aromatic carbocycles. The van der Waals surface area contributed by atoms with Crippen LogP contribution in [0.1, 0.15) is 22.3 Å². The van der Waals surface area contributed by atoms with Gasteiger partial charge in [-0.1, -0.05) is 45.8 Å². The van der Waals surface area contributed by atoms with Crippen LogP contribution in [0, 0.1) is 13.8 Å². The van der Waals surface area contributed by atoms with E-state index in [1.54, 1.807) is 0 Å². The van der Waals surface area contributed by atoms with Gasteiger partial charge in [0.1, 0.15) is 12.4 Å². The molecule has 0 aliphatic carbocycles. The highest BCUT2D eigenvalue weighted by molar-refractivity contribution is 9.10. The molecule has 0 saturated carbocycles. The molecule has 106 valence electrons. The number of ether oxygens (including phenoxy) is 1. The fourth-order valence-electron chi connectivity index (χ4n) is 2.30. The van der Waals surface area contributed by atoms with Gasteiger partial charge in [0, 0.05) is 4.47 Å². The summed E-state index contributed by atoms with van der Waals surface area (Å²) < 4.78 is 7.11. The molecule has 0 unspecified atom stereocenters. The van der Waals surface area contributed by atoms with Crippen molar-refractivity contribution in [3.8, 4) is 5.75 Å². The van der Waals surface area contributed by atoms with Crippen molar-refractivity contribution in [2.24, 2.45) is 5.73 Å². The summed E-state index contributed by atoms with van der Waals surface area (Å²) in [6.07, 6.45) is 0.823. The number of aryl methyl sites for hydroxylation is 2. The van der Waals surface area contributed by atoms with Gasteiger partial charge in [0.05, 0.1) is 0 Å². The average Bonchev–Trinajstić information content (AvgIpc) is 2.38. The van der Waals surface area contributed by atoms with Gasteiger partial charge < -0.3 is 10.5 Å². The Morgan fingerprint density at radius 2 is 1.95 bits per heavy atom. The Hall–Kier alpha value is -1.32. The molecule has 3 heteroatoms. The van der Waals surface area contributed by atoms with E-state index in [4.69, 9.17) is 10.5 Å². The smallest absolute Gasteiger partial charge is 0.126 e. The Labute approximate surface area is 129 Å². The van der Waals surface area contributed by atoms with Crippen LogP contribution in [0.15, 0.2) is 40.9 Å². The minimum absolute atomic E-state index is 0.585. The Morgan fingerprint density at radius 1 is 1.15 bits per heavy atom. The number of nitrogens with two attached hydrogens (primary N) is 1. The molecule has 0 aliphatic rings. The molecule has 2 N–H and O–H groups in total. The summed E-state index contributed by atoms with van der Waals surface area (Å²) in [5.74, 6) is 0.958. The van der Waals surface area contributed by atoms with E-state index in [2.05, 4.69) is 66.2 Å². The summed E-state index contributed by atoms with van der Waals surface area (Å²) in [6, 6.07) is 12.6. The highest BCUT2D eigenvalue weighted by Gasteiger charge is 2.09. The quantitative estimate of drug-likeness (QED) is 0.892. The molecule has 0 aromatic heterocycles. The van der Waals surface area contributed by atoms with Crippen LogP contribution in [0.25, 0.3) is 0 Å². The van der Waals surface area contributed by atoms with Crippen molar-refractivity contribution in [1.29, 1.82) is 0 Å². The van der Waals surface area contributed by atoms with Gasteiger partial charge in [0.25, 0.3) is 0 Å². The van der Waals surface area contributed by atoms with Gasteiger partial charge in [-0.05, 0) is 55.6 Å². The van der Waals surface area contributed by atoms with Crippen molar-refractivity contribution in [3.63, 3.8) is 0 Å². The zero-order chi connectivity index (χ0) is 14.5. The molecule has 2 aromatic rings. The van der Waals surface area contributed by atoms with E-state index >= 15 is 0 Å². The van der Waals surface area contributed by atoms with Crippen LogP contribution in [-0.4, -0.2) is 6.54 Å². The lowest BCUT2D eigenvalue weighted by Gasteiger charge is -2.15. The van der Waals surface area contributed by atoms with Crippen molar-refractivity contribution in [3.05, 3.63) is 63.1 Å². The topological polar surface area (TPSA) is 35.2 Å². The molecule has 0 fully saturated rings. The summed E-state index contributed by atoms with van der Waals surface area (Å²) in [5, 5.41) is 0. The molecule has 2 nitrogen and oxygen atoms in total. The molecule has 0 radical (unpaired) electrons. The molecule has 0 atom stereocenters. The first kappa shape index (κ1) is 15.1. The third-order valence-corrected chi connectivity index (χ3v) is 3.65. The zero-order valence-corrected chi connectivity index (χ0v) is 13.5. The van der Waals surface area contributed by atoms with Gasteiger partial charge in [-0.3, -0.25) is 0 Å². The van der Waals surface area contributed by atoms with Crippen molar-refractivity contribution < 1.29 is 4.74 Å². The second-order valence-electron chi connectivity index (χ2n) is 5.03. The van der Waals surface area contributed by atoms with E-state index in [1.807, 2.05) is 0 Å². The van der Waals surface area contributed by atoms with Crippen molar-refractivity contribution in [2.75, 3.05) is 6.54 Å². The number of halogens is 1. The fourth-order valence-corrected chi connectivity index (χ4v) is 2.92. The Bertz CT molecular complexity index is 596. The van der Waals surface area contributed by atoms with Gasteiger partial charge >= 0.3 is 0 Å². The third-order valence-electron chi connectivity index (χ3n) is 3.20. The molecule has 0 aliphatic heterocycles. The minimum atomic E-state index is 0.585. The summed E-state index contributed by atoms with van der Waals surface area (Å²) in [6.45, 7) is 5.36. The summed E-state index contributed by atoms with van der Waals surface area (Å²) in [4.78, 5) is 0. The molecule has 20 heavy (non-hydrogen) atoms. The first-order valence-electron chi connectivity index (χ1n) is 6.77. The lowest BCUT2D eigenvalue weighted by Crippen LogP contribution is -2.07. The van der Waals surface area contributed by atoms with Crippen molar-refractivity contribution >= 4 is 15.9 Å².